The fourth-order valence-corrected chi connectivity index (χ4v) is 2.09. The minimum absolute atomic E-state index is 0.230. The van der Waals surface area contributed by atoms with E-state index >= 15 is 0 Å². The van der Waals surface area contributed by atoms with Gasteiger partial charge in [0.2, 0.25) is 5.88 Å². The number of furan rings is 1. The number of aromatic amines is 1. The van der Waals surface area contributed by atoms with Gasteiger partial charge in [0.25, 0.3) is 5.56 Å². The van der Waals surface area contributed by atoms with Gasteiger partial charge in [0.15, 0.2) is 0 Å². The summed E-state index contributed by atoms with van der Waals surface area (Å²) in [6.07, 6.45) is 1.95. The number of para-hydroxylation sites is 1. The van der Waals surface area contributed by atoms with Crippen molar-refractivity contribution in [3.8, 4) is 17.3 Å². The molecule has 5 nitrogen and oxygen atoms in total. The molecule has 2 aromatic heterocycles. The summed E-state index contributed by atoms with van der Waals surface area (Å²) in [4.78, 5) is 18.5. The van der Waals surface area contributed by atoms with Crippen molar-refractivity contribution in [1.29, 1.82) is 0 Å². The van der Waals surface area contributed by atoms with Gasteiger partial charge in [-0.25, -0.2) is 0 Å². The van der Waals surface area contributed by atoms with Gasteiger partial charge in [-0.2, -0.15) is 4.98 Å². The second kappa shape index (κ2) is 4.28. The first-order chi connectivity index (χ1) is 9.20. The molecule has 5 heteroatoms. The Hall–Kier alpha value is -2.56. The maximum atomic E-state index is 11.8. The second-order valence-corrected chi connectivity index (χ2v) is 4.22. The number of H-pyrrole nitrogens is 1. The topological polar surface area (TPSA) is 79.1 Å². The van der Waals surface area contributed by atoms with Crippen molar-refractivity contribution in [1.82, 2.24) is 9.97 Å². The van der Waals surface area contributed by atoms with Crippen LogP contribution in [-0.4, -0.2) is 15.1 Å². The van der Waals surface area contributed by atoms with Crippen molar-refractivity contribution in [2.24, 2.45) is 0 Å². The smallest absolute Gasteiger partial charge is 0.258 e. The second-order valence-electron chi connectivity index (χ2n) is 4.22. The van der Waals surface area contributed by atoms with Crippen molar-refractivity contribution in [2.75, 3.05) is 0 Å². The number of hydrogen-bond acceptors (Lipinski definition) is 4. The molecule has 0 aliphatic rings. The van der Waals surface area contributed by atoms with E-state index in [4.69, 9.17) is 4.42 Å². The number of nitrogens with zero attached hydrogens (tertiary/aromatic N) is 1. The van der Waals surface area contributed by atoms with Crippen molar-refractivity contribution in [3.63, 3.8) is 0 Å². The number of fused-ring (bicyclic) bond motifs is 1. The maximum absolute atomic E-state index is 11.8. The van der Waals surface area contributed by atoms with Gasteiger partial charge in [0.1, 0.15) is 17.7 Å². The number of nitrogens with one attached hydrogen (secondary N) is 1. The molecule has 2 heterocycles. The average Bonchev–Trinajstić information content (AvgIpc) is 2.82. The highest BCUT2D eigenvalue weighted by Crippen LogP contribution is 2.28. The van der Waals surface area contributed by atoms with E-state index in [9.17, 15) is 9.90 Å². The SMILES string of the molecule is CCc1c(O)nc(-c2coc3ccccc23)[nH]c1=O. The van der Waals surface area contributed by atoms with Gasteiger partial charge in [0.05, 0.1) is 11.1 Å². The highest BCUT2D eigenvalue weighted by Gasteiger charge is 2.14. The molecule has 0 saturated carbocycles. The summed E-state index contributed by atoms with van der Waals surface area (Å²) >= 11 is 0. The molecule has 0 amide bonds. The van der Waals surface area contributed by atoms with Gasteiger partial charge < -0.3 is 14.5 Å². The molecule has 3 rings (SSSR count). The molecule has 0 spiro atoms. The normalized spacial score (nSPS) is 11.0. The van der Waals surface area contributed by atoms with E-state index in [-0.39, 0.29) is 17.0 Å². The van der Waals surface area contributed by atoms with E-state index < -0.39 is 0 Å². The molecular formula is C14H12N2O3. The Morgan fingerprint density at radius 3 is 2.89 bits per heavy atom. The summed E-state index contributed by atoms with van der Waals surface area (Å²) in [6, 6.07) is 7.44. The summed E-state index contributed by atoms with van der Waals surface area (Å²) in [5, 5.41) is 10.6. The van der Waals surface area contributed by atoms with Crippen molar-refractivity contribution >= 4 is 11.0 Å². The molecule has 1 aromatic carbocycles. The molecule has 2 N–H and O–H groups in total. The molecular weight excluding hydrogens is 244 g/mol. The maximum Gasteiger partial charge on any atom is 0.258 e. The first-order valence-corrected chi connectivity index (χ1v) is 5.99. The lowest BCUT2D eigenvalue weighted by molar-refractivity contribution is 0.444. The Kier molecular flexibility index (Phi) is 2.59. The number of benzene rings is 1. The zero-order chi connectivity index (χ0) is 13.4. The van der Waals surface area contributed by atoms with Crippen LogP contribution in [0.1, 0.15) is 12.5 Å². The van der Waals surface area contributed by atoms with Gasteiger partial charge >= 0.3 is 0 Å². The molecule has 19 heavy (non-hydrogen) atoms. The van der Waals surface area contributed by atoms with Crippen molar-refractivity contribution in [3.05, 3.63) is 46.4 Å². The van der Waals surface area contributed by atoms with Crippen LogP contribution >= 0.6 is 0 Å². The van der Waals surface area contributed by atoms with E-state index in [1.54, 1.807) is 6.92 Å². The van der Waals surface area contributed by atoms with E-state index in [2.05, 4.69) is 9.97 Å². The van der Waals surface area contributed by atoms with Crippen LogP contribution in [0.15, 0.2) is 39.7 Å². The van der Waals surface area contributed by atoms with E-state index in [0.717, 1.165) is 5.39 Å². The summed E-state index contributed by atoms with van der Waals surface area (Å²) in [7, 11) is 0. The highest BCUT2D eigenvalue weighted by atomic mass is 16.3. The Balaban J connectivity index is 2.25. The van der Waals surface area contributed by atoms with E-state index in [1.165, 1.54) is 6.26 Å². The lowest BCUT2D eigenvalue weighted by Crippen LogP contribution is -2.14. The van der Waals surface area contributed by atoms with E-state index in [1.807, 2.05) is 24.3 Å². The molecule has 0 aliphatic carbocycles. The standard InChI is InChI=1S/C14H12N2O3/c1-2-8-13(17)15-12(16-14(8)18)10-7-19-11-6-4-3-5-9(10)11/h3-7H,2H2,1H3,(H2,15,16,17,18). The molecule has 3 aromatic rings. The molecule has 0 unspecified atom stereocenters. The quantitative estimate of drug-likeness (QED) is 0.738. The van der Waals surface area contributed by atoms with Gasteiger partial charge in [-0.1, -0.05) is 25.1 Å². The number of hydrogen-bond donors (Lipinski definition) is 2. The Morgan fingerprint density at radius 1 is 1.37 bits per heavy atom. The van der Waals surface area contributed by atoms with Crippen LogP contribution in [0, 0.1) is 0 Å². The monoisotopic (exact) mass is 256 g/mol. The Labute approximate surface area is 108 Å². The summed E-state index contributed by atoms with van der Waals surface area (Å²) in [5.41, 5.74) is 1.33. The van der Waals surface area contributed by atoms with E-state index in [0.29, 0.717) is 23.4 Å². The van der Waals surface area contributed by atoms with Crippen LogP contribution in [0.2, 0.25) is 0 Å². The fourth-order valence-electron chi connectivity index (χ4n) is 2.09. The summed E-state index contributed by atoms with van der Waals surface area (Å²) in [5.74, 6) is 0.0798. The minimum Gasteiger partial charge on any atom is -0.493 e. The van der Waals surface area contributed by atoms with Crippen LogP contribution in [0.3, 0.4) is 0 Å². The molecule has 0 atom stereocenters. The molecule has 96 valence electrons. The Bertz CT molecular complexity index is 802. The number of aromatic nitrogens is 2. The largest absolute Gasteiger partial charge is 0.493 e. The third-order valence-electron chi connectivity index (χ3n) is 3.08. The molecule has 0 fully saturated rings. The molecule has 0 bridgehead atoms. The zero-order valence-electron chi connectivity index (χ0n) is 10.3. The van der Waals surface area contributed by atoms with Crippen molar-refractivity contribution < 1.29 is 9.52 Å². The zero-order valence-corrected chi connectivity index (χ0v) is 10.3. The highest BCUT2D eigenvalue weighted by molar-refractivity contribution is 5.91. The van der Waals surface area contributed by atoms with Gasteiger partial charge in [-0.3, -0.25) is 4.79 Å². The molecule has 0 saturated heterocycles. The van der Waals surface area contributed by atoms with Crippen LogP contribution in [0.4, 0.5) is 0 Å². The van der Waals surface area contributed by atoms with Crippen LogP contribution < -0.4 is 5.56 Å². The number of aromatic hydroxyl groups is 1. The third-order valence-corrected chi connectivity index (χ3v) is 3.08. The fraction of sp³-hybridized carbons (Fsp3) is 0.143. The van der Waals surface area contributed by atoms with Gasteiger partial charge in [0, 0.05) is 5.39 Å². The van der Waals surface area contributed by atoms with Crippen LogP contribution in [-0.2, 0) is 6.42 Å². The van der Waals surface area contributed by atoms with Gasteiger partial charge in [-0.05, 0) is 12.5 Å². The van der Waals surface area contributed by atoms with Crippen LogP contribution in [0.5, 0.6) is 5.88 Å². The first-order valence-electron chi connectivity index (χ1n) is 5.99. The summed E-state index contributed by atoms with van der Waals surface area (Å²) < 4.78 is 5.40. The minimum atomic E-state index is -0.324. The molecule has 0 radical (unpaired) electrons. The lowest BCUT2D eigenvalue weighted by atomic mass is 10.1. The average molecular weight is 256 g/mol. The van der Waals surface area contributed by atoms with Gasteiger partial charge in [-0.15, -0.1) is 0 Å². The predicted octanol–water partition coefficient (Wildman–Crippen LogP) is 2.45. The molecule has 0 aliphatic heterocycles. The summed E-state index contributed by atoms with van der Waals surface area (Å²) in [6.45, 7) is 1.79. The Morgan fingerprint density at radius 2 is 2.16 bits per heavy atom. The number of rotatable bonds is 2. The van der Waals surface area contributed by atoms with Crippen molar-refractivity contribution in [2.45, 2.75) is 13.3 Å². The third kappa shape index (κ3) is 1.79. The lowest BCUT2D eigenvalue weighted by Gasteiger charge is -2.02. The first kappa shape index (κ1) is 11.5. The predicted molar refractivity (Wildman–Crippen MR) is 71.1 cm³/mol. The van der Waals surface area contributed by atoms with Crippen LogP contribution in [0.25, 0.3) is 22.4 Å².